The Labute approximate surface area is 106 Å². The molecule has 0 atom stereocenters. The van der Waals surface area contributed by atoms with E-state index >= 15 is 0 Å². The van der Waals surface area contributed by atoms with Gasteiger partial charge in [-0.1, -0.05) is 18.2 Å². The van der Waals surface area contributed by atoms with Gasteiger partial charge in [0.25, 0.3) is 0 Å². The molecule has 2 N–H and O–H groups in total. The first kappa shape index (κ1) is 11.7. The molecule has 1 aliphatic heterocycles. The third kappa shape index (κ3) is 2.03. The Morgan fingerprint density at radius 2 is 2.11 bits per heavy atom. The zero-order chi connectivity index (χ0) is 12.4. The van der Waals surface area contributed by atoms with Gasteiger partial charge in [-0.25, -0.2) is 0 Å². The first-order valence-electron chi connectivity index (χ1n) is 6.17. The van der Waals surface area contributed by atoms with E-state index in [2.05, 4.69) is 11.4 Å². The SMILES string of the molecule is OCC1(CNCc2coc3ccccc23)COC1. The second-order valence-electron chi connectivity index (χ2n) is 5.01. The Morgan fingerprint density at radius 3 is 2.83 bits per heavy atom. The van der Waals surface area contributed by atoms with Gasteiger partial charge in [0.15, 0.2) is 0 Å². The van der Waals surface area contributed by atoms with E-state index in [1.165, 1.54) is 0 Å². The van der Waals surface area contributed by atoms with E-state index in [9.17, 15) is 5.11 Å². The molecule has 1 aromatic heterocycles. The van der Waals surface area contributed by atoms with Crippen molar-refractivity contribution in [3.05, 3.63) is 36.1 Å². The summed E-state index contributed by atoms with van der Waals surface area (Å²) in [6.45, 7) is 2.97. The van der Waals surface area contributed by atoms with Gasteiger partial charge in [-0.15, -0.1) is 0 Å². The number of benzene rings is 1. The molecule has 4 heteroatoms. The minimum absolute atomic E-state index is 0.0838. The van der Waals surface area contributed by atoms with Crippen molar-refractivity contribution in [1.29, 1.82) is 0 Å². The van der Waals surface area contributed by atoms with Crippen molar-refractivity contribution in [3.8, 4) is 0 Å². The molecule has 0 radical (unpaired) electrons. The highest BCUT2D eigenvalue weighted by Crippen LogP contribution is 2.26. The average Bonchev–Trinajstić information content (AvgIpc) is 2.76. The number of hydrogen-bond donors (Lipinski definition) is 2. The predicted octanol–water partition coefficient (Wildman–Crippen LogP) is 1.53. The molecule has 2 aromatic rings. The quantitative estimate of drug-likeness (QED) is 0.841. The summed E-state index contributed by atoms with van der Waals surface area (Å²) in [4.78, 5) is 0. The van der Waals surface area contributed by atoms with Crippen LogP contribution in [0.3, 0.4) is 0 Å². The summed E-state index contributed by atoms with van der Waals surface area (Å²) in [6, 6.07) is 8.00. The van der Waals surface area contributed by atoms with E-state index in [4.69, 9.17) is 9.15 Å². The van der Waals surface area contributed by atoms with Gasteiger partial charge in [-0.05, 0) is 6.07 Å². The number of aliphatic hydroxyl groups is 1. The highest BCUT2D eigenvalue weighted by Gasteiger charge is 2.37. The highest BCUT2D eigenvalue weighted by molar-refractivity contribution is 5.80. The topological polar surface area (TPSA) is 54.6 Å². The molecule has 1 fully saturated rings. The van der Waals surface area contributed by atoms with Gasteiger partial charge in [-0.3, -0.25) is 0 Å². The van der Waals surface area contributed by atoms with Crippen LogP contribution < -0.4 is 5.32 Å². The Bertz CT molecular complexity index is 525. The van der Waals surface area contributed by atoms with Gasteiger partial charge in [0.05, 0.1) is 31.5 Å². The van der Waals surface area contributed by atoms with Crippen LogP contribution in [0.25, 0.3) is 11.0 Å². The Kier molecular flexibility index (Phi) is 3.07. The van der Waals surface area contributed by atoms with E-state index in [-0.39, 0.29) is 12.0 Å². The minimum Gasteiger partial charge on any atom is -0.464 e. The molecule has 2 heterocycles. The number of ether oxygens (including phenoxy) is 1. The Morgan fingerprint density at radius 1 is 1.28 bits per heavy atom. The number of hydrogen-bond acceptors (Lipinski definition) is 4. The van der Waals surface area contributed by atoms with E-state index in [1.807, 2.05) is 18.2 Å². The molecular weight excluding hydrogens is 230 g/mol. The summed E-state index contributed by atoms with van der Waals surface area (Å²) in [5.74, 6) is 0. The minimum atomic E-state index is -0.0838. The molecule has 0 bridgehead atoms. The van der Waals surface area contributed by atoms with Crippen LogP contribution in [0.2, 0.25) is 0 Å². The van der Waals surface area contributed by atoms with Gasteiger partial charge in [0.1, 0.15) is 5.58 Å². The lowest BCUT2D eigenvalue weighted by atomic mass is 9.87. The summed E-state index contributed by atoms with van der Waals surface area (Å²) < 4.78 is 10.7. The molecule has 0 aliphatic carbocycles. The van der Waals surface area contributed by atoms with Crippen LogP contribution in [0.4, 0.5) is 0 Å². The van der Waals surface area contributed by atoms with Crippen molar-refractivity contribution in [2.45, 2.75) is 6.54 Å². The number of fused-ring (bicyclic) bond motifs is 1. The van der Waals surface area contributed by atoms with E-state index < -0.39 is 0 Å². The van der Waals surface area contributed by atoms with Gasteiger partial charge in [0, 0.05) is 24.0 Å². The fraction of sp³-hybridized carbons (Fsp3) is 0.429. The van der Waals surface area contributed by atoms with Crippen LogP contribution in [0.5, 0.6) is 0 Å². The molecule has 1 aromatic carbocycles. The standard InChI is InChI=1S/C14H17NO3/c16-8-14(9-17-10-14)7-15-5-11-6-18-13-4-2-1-3-12(11)13/h1-4,6,15-16H,5,7-10H2. The van der Waals surface area contributed by atoms with Crippen LogP contribution in [-0.4, -0.2) is 31.5 Å². The molecular formula is C14H17NO3. The molecule has 0 amide bonds. The van der Waals surface area contributed by atoms with Gasteiger partial charge < -0.3 is 19.6 Å². The maximum atomic E-state index is 9.33. The zero-order valence-corrected chi connectivity index (χ0v) is 10.2. The lowest BCUT2D eigenvalue weighted by Gasteiger charge is -2.40. The van der Waals surface area contributed by atoms with E-state index in [0.29, 0.717) is 13.2 Å². The maximum Gasteiger partial charge on any atom is 0.134 e. The number of aliphatic hydroxyl groups excluding tert-OH is 1. The van der Waals surface area contributed by atoms with Crippen LogP contribution in [0, 0.1) is 5.41 Å². The monoisotopic (exact) mass is 247 g/mol. The van der Waals surface area contributed by atoms with Gasteiger partial charge in [-0.2, -0.15) is 0 Å². The molecule has 4 nitrogen and oxygen atoms in total. The third-order valence-electron chi connectivity index (χ3n) is 3.53. The van der Waals surface area contributed by atoms with Crippen molar-refractivity contribution >= 4 is 11.0 Å². The van der Waals surface area contributed by atoms with Gasteiger partial charge in [0.2, 0.25) is 0 Å². The first-order chi connectivity index (χ1) is 8.83. The number of rotatable bonds is 5. The van der Waals surface area contributed by atoms with Crippen LogP contribution in [0.1, 0.15) is 5.56 Å². The summed E-state index contributed by atoms with van der Waals surface area (Å²) in [7, 11) is 0. The molecule has 0 saturated carbocycles. The van der Waals surface area contributed by atoms with Crippen molar-refractivity contribution in [2.75, 3.05) is 26.4 Å². The van der Waals surface area contributed by atoms with Crippen LogP contribution in [0.15, 0.2) is 34.9 Å². The number of furan rings is 1. The van der Waals surface area contributed by atoms with E-state index in [1.54, 1.807) is 6.26 Å². The molecule has 0 spiro atoms. The van der Waals surface area contributed by atoms with Crippen molar-refractivity contribution < 1.29 is 14.3 Å². The average molecular weight is 247 g/mol. The number of nitrogens with one attached hydrogen (secondary N) is 1. The maximum absolute atomic E-state index is 9.33. The molecule has 1 aliphatic rings. The highest BCUT2D eigenvalue weighted by atomic mass is 16.5. The molecule has 3 rings (SSSR count). The lowest BCUT2D eigenvalue weighted by Crippen LogP contribution is -2.52. The van der Waals surface area contributed by atoms with Crippen LogP contribution >= 0.6 is 0 Å². The summed E-state index contributed by atoms with van der Waals surface area (Å²) in [5, 5.41) is 13.8. The zero-order valence-electron chi connectivity index (χ0n) is 10.2. The Hall–Kier alpha value is -1.36. The molecule has 1 saturated heterocycles. The molecule has 18 heavy (non-hydrogen) atoms. The van der Waals surface area contributed by atoms with Gasteiger partial charge >= 0.3 is 0 Å². The predicted molar refractivity (Wildman–Crippen MR) is 68.3 cm³/mol. The fourth-order valence-electron chi connectivity index (χ4n) is 2.27. The van der Waals surface area contributed by atoms with Crippen molar-refractivity contribution in [2.24, 2.45) is 5.41 Å². The second kappa shape index (κ2) is 4.72. The number of para-hydroxylation sites is 1. The summed E-state index contributed by atoms with van der Waals surface area (Å²) in [5.41, 5.74) is 1.98. The van der Waals surface area contributed by atoms with Crippen molar-refractivity contribution in [3.63, 3.8) is 0 Å². The first-order valence-corrected chi connectivity index (χ1v) is 6.17. The summed E-state index contributed by atoms with van der Waals surface area (Å²) >= 11 is 0. The normalized spacial score (nSPS) is 17.8. The Balaban J connectivity index is 1.63. The summed E-state index contributed by atoms with van der Waals surface area (Å²) in [6.07, 6.45) is 1.79. The second-order valence-corrected chi connectivity index (χ2v) is 5.01. The smallest absolute Gasteiger partial charge is 0.134 e. The molecule has 0 unspecified atom stereocenters. The van der Waals surface area contributed by atoms with E-state index in [0.717, 1.165) is 29.6 Å². The third-order valence-corrected chi connectivity index (χ3v) is 3.53. The van der Waals surface area contributed by atoms with Crippen molar-refractivity contribution in [1.82, 2.24) is 5.32 Å². The molecule has 96 valence electrons. The largest absolute Gasteiger partial charge is 0.464 e. The lowest BCUT2D eigenvalue weighted by molar-refractivity contribution is -0.134. The van der Waals surface area contributed by atoms with Crippen LogP contribution in [-0.2, 0) is 11.3 Å². The fourth-order valence-corrected chi connectivity index (χ4v) is 2.27.